The first kappa shape index (κ1) is 12.2. The van der Waals surface area contributed by atoms with Crippen LogP contribution in [-0.2, 0) is 14.4 Å². The van der Waals surface area contributed by atoms with Gasteiger partial charge in [0.25, 0.3) is 0 Å². The quantitative estimate of drug-likeness (QED) is 0.501. The first-order valence-corrected chi connectivity index (χ1v) is 3.90. The Morgan fingerprint density at radius 3 is 2.29 bits per heavy atom. The molecule has 0 aromatic heterocycles. The number of likely N-dealkylation sites (N-methyl/N-ethyl adjacent to an activating group) is 1. The lowest BCUT2D eigenvalue weighted by Crippen LogP contribution is -2.43. The van der Waals surface area contributed by atoms with Gasteiger partial charge in [-0.3, -0.25) is 9.59 Å². The van der Waals surface area contributed by atoms with Gasteiger partial charge in [-0.25, -0.2) is 4.79 Å². The van der Waals surface area contributed by atoms with Gasteiger partial charge in [0, 0.05) is 19.2 Å². The standard InChI is InChI=1S/C8H12N2O4/c1-5(8(14)9-2)10-6(11)3-4-7(12)13/h3-5H,1-2H3,(H,9,14)(H,10,11)(H,12,13). The molecule has 1 unspecified atom stereocenters. The summed E-state index contributed by atoms with van der Waals surface area (Å²) >= 11 is 0. The van der Waals surface area contributed by atoms with Crippen LogP contribution in [0.1, 0.15) is 6.92 Å². The van der Waals surface area contributed by atoms with Crippen molar-refractivity contribution in [1.29, 1.82) is 0 Å². The number of carboxylic acid groups (broad SMARTS) is 1. The molecule has 6 nitrogen and oxygen atoms in total. The number of aliphatic carboxylic acids is 1. The highest BCUT2D eigenvalue weighted by Crippen LogP contribution is 1.82. The highest BCUT2D eigenvalue weighted by atomic mass is 16.4. The van der Waals surface area contributed by atoms with E-state index in [-0.39, 0.29) is 5.91 Å². The summed E-state index contributed by atoms with van der Waals surface area (Å²) in [5, 5.41) is 12.8. The first-order valence-electron chi connectivity index (χ1n) is 3.90. The Morgan fingerprint density at radius 1 is 1.29 bits per heavy atom. The van der Waals surface area contributed by atoms with Crippen LogP contribution in [0.3, 0.4) is 0 Å². The summed E-state index contributed by atoms with van der Waals surface area (Å²) in [5.74, 6) is -2.18. The fourth-order valence-corrected chi connectivity index (χ4v) is 0.691. The molecule has 0 radical (unpaired) electrons. The molecule has 1 atom stereocenters. The van der Waals surface area contributed by atoms with E-state index in [1.54, 1.807) is 0 Å². The van der Waals surface area contributed by atoms with Crippen LogP contribution in [0.2, 0.25) is 0 Å². The molecule has 0 spiro atoms. The van der Waals surface area contributed by atoms with Crippen molar-refractivity contribution in [3.05, 3.63) is 12.2 Å². The molecule has 0 fully saturated rings. The van der Waals surface area contributed by atoms with Crippen molar-refractivity contribution < 1.29 is 19.5 Å². The Bertz CT molecular complexity index is 273. The zero-order valence-corrected chi connectivity index (χ0v) is 7.90. The van der Waals surface area contributed by atoms with Gasteiger partial charge in [0.05, 0.1) is 0 Å². The van der Waals surface area contributed by atoms with Gasteiger partial charge < -0.3 is 15.7 Å². The molecule has 0 saturated heterocycles. The minimum Gasteiger partial charge on any atom is -0.478 e. The molecule has 3 N–H and O–H groups in total. The van der Waals surface area contributed by atoms with Crippen molar-refractivity contribution in [1.82, 2.24) is 10.6 Å². The van der Waals surface area contributed by atoms with E-state index in [9.17, 15) is 14.4 Å². The van der Waals surface area contributed by atoms with Gasteiger partial charge in [0.2, 0.25) is 11.8 Å². The molecule has 0 heterocycles. The third-order valence-corrected chi connectivity index (χ3v) is 1.38. The lowest BCUT2D eigenvalue weighted by Gasteiger charge is -2.09. The maximum atomic E-state index is 10.9. The van der Waals surface area contributed by atoms with Crippen molar-refractivity contribution in [2.75, 3.05) is 7.05 Å². The number of carbonyl (C=O) groups excluding carboxylic acids is 2. The van der Waals surface area contributed by atoms with Crippen LogP contribution in [0.4, 0.5) is 0 Å². The molecule has 0 aliphatic heterocycles. The predicted octanol–water partition coefficient (Wildman–Crippen LogP) is -1.12. The lowest BCUT2D eigenvalue weighted by atomic mass is 10.3. The summed E-state index contributed by atoms with van der Waals surface area (Å²) in [6.45, 7) is 1.49. The predicted molar refractivity (Wildman–Crippen MR) is 48.4 cm³/mol. The maximum absolute atomic E-state index is 10.9. The van der Waals surface area contributed by atoms with Gasteiger partial charge >= 0.3 is 5.97 Å². The Hall–Kier alpha value is -1.85. The summed E-state index contributed by atoms with van der Waals surface area (Å²) in [4.78, 5) is 31.9. The van der Waals surface area contributed by atoms with Crippen molar-refractivity contribution >= 4 is 17.8 Å². The van der Waals surface area contributed by atoms with E-state index < -0.39 is 17.9 Å². The van der Waals surface area contributed by atoms with Crippen molar-refractivity contribution in [3.8, 4) is 0 Å². The number of amides is 2. The van der Waals surface area contributed by atoms with Crippen LogP contribution in [0.25, 0.3) is 0 Å². The summed E-state index contributed by atoms with van der Waals surface area (Å²) in [6.07, 6.45) is 1.55. The molecule has 2 amide bonds. The molecule has 0 aromatic carbocycles. The van der Waals surface area contributed by atoms with Crippen molar-refractivity contribution in [2.45, 2.75) is 13.0 Å². The van der Waals surface area contributed by atoms with Crippen LogP contribution in [0, 0.1) is 0 Å². The van der Waals surface area contributed by atoms with Gasteiger partial charge in [-0.05, 0) is 6.92 Å². The largest absolute Gasteiger partial charge is 0.478 e. The number of rotatable bonds is 4. The van der Waals surface area contributed by atoms with E-state index in [2.05, 4.69) is 10.6 Å². The maximum Gasteiger partial charge on any atom is 0.328 e. The van der Waals surface area contributed by atoms with E-state index in [0.717, 1.165) is 6.08 Å². The number of carbonyl (C=O) groups is 3. The van der Waals surface area contributed by atoms with Gasteiger partial charge in [-0.15, -0.1) is 0 Å². The Labute approximate surface area is 81.0 Å². The van der Waals surface area contributed by atoms with E-state index in [4.69, 9.17) is 5.11 Å². The Balaban J connectivity index is 4.07. The van der Waals surface area contributed by atoms with E-state index in [1.807, 2.05) is 0 Å². The van der Waals surface area contributed by atoms with Crippen LogP contribution < -0.4 is 10.6 Å². The van der Waals surface area contributed by atoms with Crippen LogP contribution in [0.5, 0.6) is 0 Å². The number of nitrogens with one attached hydrogen (secondary N) is 2. The van der Waals surface area contributed by atoms with Gasteiger partial charge in [0.15, 0.2) is 0 Å². The second-order valence-electron chi connectivity index (χ2n) is 2.52. The molecule has 0 bridgehead atoms. The molecule has 0 rings (SSSR count). The monoisotopic (exact) mass is 200 g/mol. The smallest absolute Gasteiger partial charge is 0.328 e. The fraction of sp³-hybridized carbons (Fsp3) is 0.375. The molecular formula is C8H12N2O4. The van der Waals surface area contributed by atoms with Gasteiger partial charge in [0.1, 0.15) is 6.04 Å². The highest BCUT2D eigenvalue weighted by molar-refractivity contribution is 5.96. The Kier molecular flexibility index (Phi) is 4.98. The normalized spacial score (nSPS) is 12.1. The van der Waals surface area contributed by atoms with Gasteiger partial charge in [-0.1, -0.05) is 0 Å². The minimum absolute atomic E-state index is 0.345. The van der Waals surface area contributed by atoms with E-state index >= 15 is 0 Å². The molecule has 0 aliphatic rings. The fourth-order valence-electron chi connectivity index (χ4n) is 0.691. The van der Waals surface area contributed by atoms with Crippen LogP contribution >= 0.6 is 0 Å². The number of hydrogen-bond acceptors (Lipinski definition) is 3. The SMILES string of the molecule is CNC(=O)C(C)NC(=O)C=CC(=O)O. The lowest BCUT2D eigenvalue weighted by molar-refractivity contribution is -0.131. The molecule has 0 saturated carbocycles. The van der Waals surface area contributed by atoms with Gasteiger partial charge in [-0.2, -0.15) is 0 Å². The summed E-state index contributed by atoms with van der Waals surface area (Å²) < 4.78 is 0. The molecule has 14 heavy (non-hydrogen) atoms. The number of carboxylic acids is 1. The third kappa shape index (κ3) is 4.91. The highest BCUT2D eigenvalue weighted by Gasteiger charge is 2.11. The van der Waals surface area contributed by atoms with Crippen LogP contribution in [0.15, 0.2) is 12.2 Å². The second kappa shape index (κ2) is 5.74. The molecule has 0 aromatic rings. The molecular weight excluding hydrogens is 188 g/mol. The topological polar surface area (TPSA) is 95.5 Å². The summed E-state index contributed by atoms with van der Waals surface area (Å²) in [7, 11) is 1.44. The molecule has 78 valence electrons. The zero-order chi connectivity index (χ0) is 11.1. The van der Waals surface area contributed by atoms with E-state index in [0.29, 0.717) is 6.08 Å². The second-order valence-corrected chi connectivity index (χ2v) is 2.52. The third-order valence-electron chi connectivity index (χ3n) is 1.38. The summed E-state index contributed by atoms with van der Waals surface area (Å²) in [6, 6.07) is -0.689. The zero-order valence-electron chi connectivity index (χ0n) is 7.90. The first-order chi connectivity index (χ1) is 6.47. The average Bonchev–Trinajstić information content (AvgIpc) is 2.13. The van der Waals surface area contributed by atoms with Crippen molar-refractivity contribution in [2.24, 2.45) is 0 Å². The van der Waals surface area contributed by atoms with E-state index in [1.165, 1.54) is 14.0 Å². The van der Waals surface area contributed by atoms with Crippen molar-refractivity contribution in [3.63, 3.8) is 0 Å². The summed E-state index contributed by atoms with van der Waals surface area (Å²) in [5.41, 5.74) is 0. The molecule has 6 heteroatoms. The average molecular weight is 200 g/mol. The van der Waals surface area contributed by atoms with Crippen LogP contribution in [-0.4, -0.2) is 36.0 Å². The molecule has 0 aliphatic carbocycles. The Morgan fingerprint density at radius 2 is 1.86 bits per heavy atom. The number of hydrogen-bond donors (Lipinski definition) is 3. The minimum atomic E-state index is -1.22.